The summed E-state index contributed by atoms with van der Waals surface area (Å²) in [7, 11) is 0. The molecule has 2 atom stereocenters. The molecule has 102 valence electrons. The Morgan fingerprint density at radius 3 is 2.79 bits per heavy atom. The van der Waals surface area contributed by atoms with Crippen molar-refractivity contribution in [2.75, 3.05) is 17.7 Å². The first-order valence-electron chi connectivity index (χ1n) is 6.94. The smallest absolute Gasteiger partial charge is 0.161 e. The highest BCUT2D eigenvalue weighted by atomic mass is 16.5. The predicted molar refractivity (Wildman–Crippen MR) is 75.4 cm³/mol. The normalized spacial score (nSPS) is 26.4. The van der Waals surface area contributed by atoms with Gasteiger partial charge in [-0.05, 0) is 50.3 Å². The van der Waals surface area contributed by atoms with Gasteiger partial charge in [-0.2, -0.15) is 0 Å². The lowest BCUT2D eigenvalue weighted by Gasteiger charge is -2.21. The molecule has 1 saturated heterocycles. The molecule has 19 heavy (non-hydrogen) atoms. The minimum Gasteiger partial charge on any atom is -0.398 e. The van der Waals surface area contributed by atoms with Crippen molar-refractivity contribution in [3.05, 3.63) is 23.8 Å². The van der Waals surface area contributed by atoms with Gasteiger partial charge in [0.05, 0.1) is 12.1 Å². The molecule has 1 aromatic rings. The lowest BCUT2D eigenvalue weighted by atomic mass is 10.0. The number of nitrogens with one attached hydrogen (secondary N) is 1. The van der Waals surface area contributed by atoms with E-state index in [1.807, 2.05) is 12.1 Å². The van der Waals surface area contributed by atoms with Gasteiger partial charge in [-0.25, -0.2) is 0 Å². The molecule has 1 aliphatic carbocycles. The van der Waals surface area contributed by atoms with E-state index < -0.39 is 0 Å². The van der Waals surface area contributed by atoms with Crippen LogP contribution < -0.4 is 11.1 Å². The van der Waals surface area contributed by atoms with E-state index in [4.69, 9.17) is 10.5 Å². The second-order valence-electron chi connectivity index (χ2n) is 5.57. The van der Waals surface area contributed by atoms with Crippen LogP contribution in [0.5, 0.6) is 0 Å². The zero-order valence-electron chi connectivity index (χ0n) is 11.2. The Kier molecular flexibility index (Phi) is 3.19. The van der Waals surface area contributed by atoms with E-state index in [1.165, 1.54) is 19.8 Å². The summed E-state index contributed by atoms with van der Waals surface area (Å²) in [5.74, 6) is 0.734. The van der Waals surface area contributed by atoms with Gasteiger partial charge >= 0.3 is 0 Å². The second kappa shape index (κ2) is 4.85. The maximum Gasteiger partial charge on any atom is 0.161 e. The number of hydrogen-bond acceptors (Lipinski definition) is 4. The van der Waals surface area contributed by atoms with E-state index in [0.29, 0.717) is 23.4 Å². The molecule has 4 nitrogen and oxygen atoms in total. The molecule has 3 N–H and O–H groups in total. The number of anilines is 2. The van der Waals surface area contributed by atoms with Crippen LogP contribution in [0.1, 0.15) is 36.5 Å². The van der Waals surface area contributed by atoms with Crippen LogP contribution in [0.4, 0.5) is 11.4 Å². The summed E-state index contributed by atoms with van der Waals surface area (Å²) < 4.78 is 5.81. The first kappa shape index (κ1) is 12.5. The molecule has 0 amide bonds. The number of nitrogens with two attached hydrogens (primary N) is 1. The summed E-state index contributed by atoms with van der Waals surface area (Å²) in [5, 5.41) is 3.50. The molecule has 0 aromatic heterocycles. The number of rotatable bonds is 4. The molecule has 3 rings (SSSR count). The fourth-order valence-electron chi connectivity index (χ4n) is 2.84. The van der Waals surface area contributed by atoms with Crippen molar-refractivity contribution >= 4 is 17.2 Å². The van der Waals surface area contributed by atoms with Crippen LogP contribution in [-0.4, -0.2) is 24.5 Å². The summed E-state index contributed by atoms with van der Waals surface area (Å²) in [5.41, 5.74) is 8.02. The minimum absolute atomic E-state index is 0.00380. The molecule has 2 fully saturated rings. The van der Waals surface area contributed by atoms with Crippen LogP contribution in [-0.2, 0) is 4.74 Å². The first-order valence-corrected chi connectivity index (χ1v) is 6.94. The average molecular weight is 260 g/mol. The van der Waals surface area contributed by atoms with Crippen molar-refractivity contribution in [1.29, 1.82) is 0 Å². The molecule has 1 heterocycles. The molecule has 1 aromatic carbocycles. The van der Waals surface area contributed by atoms with Crippen molar-refractivity contribution in [1.82, 2.24) is 0 Å². The van der Waals surface area contributed by atoms with E-state index in [1.54, 1.807) is 6.07 Å². The van der Waals surface area contributed by atoms with Crippen LogP contribution in [0, 0.1) is 5.92 Å². The number of Topliss-reactive ketones (excluding diaryl/α,β-unsaturated/α-hetero) is 1. The zero-order chi connectivity index (χ0) is 13.4. The third-order valence-electron chi connectivity index (χ3n) is 4.01. The van der Waals surface area contributed by atoms with Crippen molar-refractivity contribution in [2.45, 2.75) is 38.3 Å². The van der Waals surface area contributed by atoms with Gasteiger partial charge in [-0.15, -0.1) is 0 Å². The first-order chi connectivity index (χ1) is 9.15. The van der Waals surface area contributed by atoms with Crippen molar-refractivity contribution in [3.63, 3.8) is 0 Å². The molecule has 1 aliphatic heterocycles. The largest absolute Gasteiger partial charge is 0.398 e. The topological polar surface area (TPSA) is 64.3 Å². The molecule has 2 unspecified atom stereocenters. The van der Waals surface area contributed by atoms with Gasteiger partial charge in [0.2, 0.25) is 0 Å². The zero-order valence-corrected chi connectivity index (χ0v) is 11.2. The fraction of sp³-hybridized carbons (Fsp3) is 0.533. The molecule has 1 saturated carbocycles. The molecule has 2 aliphatic rings. The lowest BCUT2D eigenvalue weighted by molar-refractivity contribution is 0.0898. The molecule has 0 spiro atoms. The SMILES string of the molecule is CC(=O)c1ccc(NC2CCOC2C2CC2)cc1N. The van der Waals surface area contributed by atoms with Gasteiger partial charge in [0.25, 0.3) is 0 Å². The highest BCUT2D eigenvalue weighted by Gasteiger charge is 2.40. The number of carbonyl (C=O) groups excluding carboxylic acids is 1. The molecular formula is C15H20N2O2. The third kappa shape index (κ3) is 2.59. The average Bonchev–Trinajstić information content (AvgIpc) is 3.10. The Labute approximate surface area is 113 Å². The van der Waals surface area contributed by atoms with Crippen molar-refractivity contribution < 1.29 is 9.53 Å². The maximum atomic E-state index is 11.4. The highest BCUT2D eigenvalue weighted by Crippen LogP contribution is 2.39. The van der Waals surface area contributed by atoms with E-state index in [2.05, 4.69) is 5.32 Å². The number of nitrogen functional groups attached to an aromatic ring is 1. The Morgan fingerprint density at radius 1 is 1.37 bits per heavy atom. The van der Waals surface area contributed by atoms with Gasteiger partial charge in [-0.1, -0.05) is 0 Å². The van der Waals surface area contributed by atoms with Gasteiger partial charge in [0, 0.05) is 23.5 Å². The van der Waals surface area contributed by atoms with E-state index in [9.17, 15) is 4.79 Å². The maximum absolute atomic E-state index is 11.4. The number of ketones is 1. The summed E-state index contributed by atoms with van der Waals surface area (Å²) in [4.78, 5) is 11.4. The highest BCUT2D eigenvalue weighted by molar-refractivity contribution is 5.99. The standard InChI is InChI=1S/C15H20N2O2/c1-9(18)12-5-4-11(8-13(12)16)17-14-6-7-19-15(14)10-2-3-10/h4-5,8,10,14-15,17H,2-3,6-7,16H2,1H3. The van der Waals surface area contributed by atoms with Crippen LogP contribution in [0.2, 0.25) is 0 Å². The number of carbonyl (C=O) groups is 1. The van der Waals surface area contributed by atoms with Crippen LogP contribution in [0.25, 0.3) is 0 Å². The second-order valence-corrected chi connectivity index (χ2v) is 5.57. The lowest BCUT2D eigenvalue weighted by Crippen LogP contribution is -2.30. The van der Waals surface area contributed by atoms with Gasteiger partial charge in [-0.3, -0.25) is 4.79 Å². The quantitative estimate of drug-likeness (QED) is 0.644. The van der Waals surface area contributed by atoms with Crippen molar-refractivity contribution in [3.8, 4) is 0 Å². The summed E-state index contributed by atoms with van der Waals surface area (Å²) in [6.45, 7) is 2.37. The Hall–Kier alpha value is -1.55. The fourth-order valence-corrected chi connectivity index (χ4v) is 2.84. The Bertz CT molecular complexity index is 497. The van der Waals surface area contributed by atoms with E-state index >= 15 is 0 Å². The minimum atomic E-state index is 0.00380. The van der Waals surface area contributed by atoms with Crippen LogP contribution >= 0.6 is 0 Å². The molecular weight excluding hydrogens is 240 g/mol. The molecule has 0 radical (unpaired) electrons. The number of benzene rings is 1. The summed E-state index contributed by atoms with van der Waals surface area (Å²) >= 11 is 0. The van der Waals surface area contributed by atoms with Gasteiger partial charge in [0.15, 0.2) is 5.78 Å². The Morgan fingerprint density at radius 2 is 2.16 bits per heavy atom. The summed E-state index contributed by atoms with van der Waals surface area (Å²) in [6.07, 6.45) is 3.95. The number of ether oxygens (including phenoxy) is 1. The van der Waals surface area contributed by atoms with Crippen LogP contribution in [0.3, 0.4) is 0 Å². The Balaban J connectivity index is 1.72. The van der Waals surface area contributed by atoms with Gasteiger partial charge in [0.1, 0.15) is 0 Å². The van der Waals surface area contributed by atoms with E-state index in [-0.39, 0.29) is 5.78 Å². The number of hydrogen-bond donors (Lipinski definition) is 2. The van der Waals surface area contributed by atoms with Crippen LogP contribution in [0.15, 0.2) is 18.2 Å². The van der Waals surface area contributed by atoms with Gasteiger partial charge < -0.3 is 15.8 Å². The molecule has 4 heteroatoms. The van der Waals surface area contributed by atoms with Crippen molar-refractivity contribution in [2.24, 2.45) is 5.92 Å². The predicted octanol–water partition coefficient (Wildman–Crippen LogP) is 2.45. The summed E-state index contributed by atoms with van der Waals surface area (Å²) in [6, 6.07) is 5.94. The third-order valence-corrected chi connectivity index (χ3v) is 4.01. The van der Waals surface area contributed by atoms with E-state index in [0.717, 1.165) is 24.6 Å². The molecule has 0 bridgehead atoms. The monoisotopic (exact) mass is 260 g/mol.